The summed E-state index contributed by atoms with van der Waals surface area (Å²) < 4.78 is 0. The zero-order valence-electron chi connectivity index (χ0n) is 46.2. The zero-order chi connectivity index (χ0) is 50.8. The number of rotatable bonds is 4. The molecule has 3 heteroatoms. The van der Waals surface area contributed by atoms with Crippen molar-refractivity contribution in [1.82, 2.24) is 0 Å². The molecule has 0 atom stereocenters. The molecule has 2 nitrogen and oxygen atoms in total. The van der Waals surface area contributed by atoms with Gasteiger partial charge in [0.05, 0.1) is 11.4 Å². The molecular weight excluding hydrogens is 844 g/mol. The summed E-state index contributed by atoms with van der Waals surface area (Å²) in [5.41, 5.74) is 25.6. The molecule has 0 unspecified atom stereocenters. The molecule has 7 aromatic rings. The van der Waals surface area contributed by atoms with Gasteiger partial charge in [-0.05, 0) is 154 Å². The van der Waals surface area contributed by atoms with Crippen molar-refractivity contribution >= 4 is 57.2 Å². The van der Waals surface area contributed by atoms with Crippen LogP contribution in [-0.4, -0.2) is 6.71 Å². The van der Waals surface area contributed by atoms with Crippen LogP contribution < -0.4 is 26.2 Å². The minimum Gasteiger partial charge on any atom is -0.311 e. The molecule has 0 bridgehead atoms. The topological polar surface area (TPSA) is 6.48 Å². The number of aryl methyl sites for hydroxylation is 1. The second-order valence-corrected chi connectivity index (χ2v) is 27.0. The van der Waals surface area contributed by atoms with E-state index in [9.17, 15) is 0 Å². The number of fused-ring (bicyclic) bond motifs is 4. The van der Waals surface area contributed by atoms with Crippen molar-refractivity contribution in [2.75, 3.05) is 9.80 Å². The average molecular weight is 923 g/mol. The van der Waals surface area contributed by atoms with Crippen LogP contribution in [0.3, 0.4) is 0 Å². The van der Waals surface area contributed by atoms with E-state index in [1.54, 1.807) is 0 Å². The molecule has 0 saturated carbocycles. The predicted octanol–water partition coefficient (Wildman–Crippen LogP) is 17.2. The molecule has 0 aliphatic carbocycles. The highest BCUT2D eigenvalue weighted by atomic mass is 15.2. The quantitative estimate of drug-likeness (QED) is 0.162. The van der Waals surface area contributed by atoms with E-state index in [1.165, 1.54) is 112 Å². The Labute approximate surface area is 423 Å². The third kappa shape index (κ3) is 8.86. The lowest BCUT2D eigenvalue weighted by molar-refractivity contribution is 0.589. The first-order valence-electron chi connectivity index (χ1n) is 26.0. The second-order valence-electron chi connectivity index (χ2n) is 27.0. The van der Waals surface area contributed by atoms with Gasteiger partial charge in [0.1, 0.15) is 0 Å². The van der Waals surface area contributed by atoms with Crippen molar-refractivity contribution in [1.29, 1.82) is 0 Å². The lowest BCUT2D eigenvalue weighted by Crippen LogP contribution is -2.61. The monoisotopic (exact) mass is 923 g/mol. The summed E-state index contributed by atoms with van der Waals surface area (Å²) in [5, 5.41) is 0. The van der Waals surface area contributed by atoms with Crippen LogP contribution in [0.4, 0.5) is 34.1 Å². The molecule has 0 N–H and O–H groups in total. The van der Waals surface area contributed by atoms with E-state index >= 15 is 0 Å². The van der Waals surface area contributed by atoms with Gasteiger partial charge in [-0.1, -0.05) is 210 Å². The maximum atomic E-state index is 2.63. The van der Waals surface area contributed by atoms with Crippen LogP contribution in [0, 0.1) is 6.92 Å². The van der Waals surface area contributed by atoms with Crippen LogP contribution in [-0.2, 0) is 32.5 Å². The van der Waals surface area contributed by atoms with Crippen molar-refractivity contribution in [3.05, 3.63) is 172 Å². The van der Waals surface area contributed by atoms with Crippen LogP contribution in [0.15, 0.2) is 133 Å². The van der Waals surface area contributed by atoms with Gasteiger partial charge in [0.2, 0.25) is 0 Å². The fourth-order valence-corrected chi connectivity index (χ4v) is 10.8. The zero-order valence-corrected chi connectivity index (χ0v) is 46.2. The summed E-state index contributed by atoms with van der Waals surface area (Å²) in [6, 6.07) is 53.1. The normalized spacial score (nSPS) is 14.1. The van der Waals surface area contributed by atoms with Crippen LogP contribution in [0.25, 0.3) is 22.3 Å². The van der Waals surface area contributed by atoms with E-state index < -0.39 is 0 Å². The fraction of sp³-hybridized carbons (Fsp3) is 0.373. The van der Waals surface area contributed by atoms with Crippen LogP contribution in [0.5, 0.6) is 0 Å². The van der Waals surface area contributed by atoms with Crippen molar-refractivity contribution < 1.29 is 0 Å². The van der Waals surface area contributed by atoms with E-state index in [-0.39, 0.29) is 39.2 Å². The SMILES string of the molecule is Cc1cc2c3c(c1)N(c1ccc(C(C)(C)C)cc1-c1ccc(C(C)(C)C)cc1)c1ccc(C(C)(C)C)cc1B3c1cc(C(C)(C)C)ccc1N2c1ccc(C(C)(C)C)cc1-c1ccc(C(C)(C)C)cc1. The molecule has 2 aliphatic rings. The summed E-state index contributed by atoms with van der Waals surface area (Å²) >= 11 is 0. The number of nitrogens with zero attached hydrogens (tertiary/aromatic N) is 2. The fourth-order valence-electron chi connectivity index (χ4n) is 10.8. The minimum atomic E-state index is -0.0480. The Hall–Kier alpha value is -5.80. The molecule has 360 valence electrons. The first kappa shape index (κ1) is 49.2. The van der Waals surface area contributed by atoms with Crippen molar-refractivity contribution in [2.24, 2.45) is 0 Å². The highest BCUT2D eigenvalue weighted by Crippen LogP contribution is 2.50. The first-order chi connectivity index (χ1) is 32.4. The van der Waals surface area contributed by atoms with Crippen molar-refractivity contribution in [2.45, 2.75) is 164 Å². The Bertz CT molecular complexity index is 2930. The second kappa shape index (κ2) is 16.6. The Morgan fingerprint density at radius 1 is 0.286 bits per heavy atom. The summed E-state index contributed by atoms with van der Waals surface area (Å²) in [5.74, 6) is 0. The van der Waals surface area contributed by atoms with Gasteiger partial charge in [0.25, 0.3) is 6.71 Å². The molecule has 0 saturated heterocycles. The molecule has 0 amide bonds. The summed E-state index contributed by atoms with van der Waals surface area (Å²) in [6.07, 6.45) is 0. The number of hydrogen-bond donors (Lipinski definition) is 0. The van der Waals surface area contributed by atoms with Gasteiger partial charge in [0, 0.05) is 33.9 Å². The summed E-state index contributed by atoms with van der Waals surface area (Å²) in [7, 11) is 0. The summed E-state index contributed by atoms with van der Waals surface area (Å²) in [6.45, 7) is 44.2. The molecule has 0 spiro atoms. The lowest BCUT2D eigenvalue weighted by atomic mass is 9.33. The van der Waals surface area contributed by atoms with E-state index in [0.29, 0.717) is 0 Å². The molecule has 2 aliphatic heterocycles. The van der Waals surface area contributed by atoms with E-state index in [0.717, 1.165) is 0 Å². The Morgan fingerprint density at radius 2 is 0.557 bits per heavy atom. The van der Waals surface area contributed by atoms with Gasteiger partial charge in [-0.3, -0.25) is 0 Å². The predicted molar refractivity (Wildman–Crippen MR) is 308 cm³/mol. The van der Waals surface area contributed by atoms with Gasteiger partial charge >= 0.3 is 0 Å². The lowest BCUT2D eigenvalue weighted by Gasteiger charge is -2.46. The van der Waals surface area contributed by atoms with Crippen LogP contribution in [0.2, 0.25) is 0 Å². The summed E-state index contributed by atoms with van der Waals surface area (Å²) in [4.78, 5) is 5.27. The standard InChI is InChI=1S/C67H79BN2/c1-42-36-59-61-60(37-42)70(56-33-29-48(65(11,12)13)39-52(56)44-22-26-46(27-23-44)63(5,6)7)58-35-31-50(67(17,18)19)41-54(58)68(61)53-40-49(66(14,15)16)30-34-57(53)69(59)55-32-28-47(64(8,9)10)38-51(55)43-20-24-45(25-21-43)62(2,3)4/h20-41H,1-19H3. The van der Waals surface area contributed by atoms with Gasteiger partial charge in [-0.25, -0.2) is 0 Å². The molecule has 70 heavy (non-hydrogen) atoms. The third-order valence-electron chi connectivity index (χ3n) is 15.3. The number of benzene rings is 7. The average Bonchev–Trinajstić information content (AvgIpc) is 3.26. The smallest absolute Gasteiger partial charge is 0.252 e. The molecule has 9 rings (SSSR count). The first-order valence-corrected chi connectivity index (χ1v) is 26.0. The number of anilines is 6. The van der Waals surface area contributed by atoms with Crippen LogP contribution >= 0.6 is 0 Å². The Morgan fingerprint density at radius 3 is 0.857 bits per heavy atom. The van der Waals surface area contributed by atoms with E-state index in [2.05, 4.69) is 275 Å². The molecular formula is C67H79BN2. The third-order valence-corrected chi connectivity index (χ3v) is 15.3. The van der Waals surface area contributed by atoms with Crippen molar-refractivity contribution in [3.8, 4) is 22.3 Å². The minimum absolute atomic E-state index is 0.000523. The van der Waals surface area contributed by atoms with Gasteiger partial charge in [-0.15, -0.1) is 0 Å². The Kier molecular flexibility index (Phi) is 11.7. The maximum Gasteiger partial charge on any atom is 0.252 e. The van der Waals surface area contributed by atoms with Gasteiger partial charge < -0.3 is 9.80 Å². The maximum absolute atomic E-state index is 2.63. The molecule has 0 aromatic heterocycles. The van der Waals surface area contributed by atoms with Crippen molar-refractivity contribution in [3.63, 3.8) is 0 Å². The molecule has 7 aromatic carbocycles. The van der Waals surface area contributed by atoms with Gasteiger partial charge in [-0.2, -0.15) is 0 Å². The Balaban J connectivity index is 1.40. The highest BCUT2D eigenvalue weighted by Gasteiger charge is 2.45. The van der Waals surface area contributed by atoms with E-state index in [1.807, 2.05) is 0 Å². The van der Waals surface area contributed by atoms with Gasteiger partial charge in [0.15, 0.2) is 0 Å². The van der Waals surface area contributed by atoms with E-state index in [4.69, 9.17) is 0 Å². The van der Waals surface area contributed by atoms with Crippen LogP contribution in [0.1, 0.15) is 164 Å². The highest BCUT2D eigenvalue weighted by molar-refractivity contribution is 7.00. The largest absolute Gasteiger partial charge is 0.311 e. The molecule has 2 heterocycles. The molecule has 0 radical (unpaired) electrons. The molecule has 0 fully saturated rings. The number of hydrogen-bond acceptors (Lipinski definition) is 2.